The van der Waals surface area contributed by atoms with Crippen molar-refractivity contribution in [1.29, 1.82) is 0 Å². The van der Waals surface area contributed by atoms with Gasteiger partial charge in [0.25, 0.3) is 0 Å². The molecule has 0 atom stereocenters. The van der Waals surface area contributed by atoms with Crippen LogP contribution in [0.5, 0.6) is 0 Å². The van der Waals surface area contributed by atoms with E-state index in [-0.39, 0.29) is 0 Å². The quantitative estimate of drug-likeness (QED) is 0.700. The number of aryl methyl sites for hydroxylation is 1. The van der Waals surface area contributed by atoms with Gasteiger partial charge in [-0.2, -0.15) is 5.10 Å². The minimum Gasteiger partial charge on any atom is -0.241 e. The van der Waals surface area contributed by atoms with Gasteiger partial charge < -0.3 is 0 Å². The fourth-order valence-electron chi connectivity index (χ4n) is 1.13. The topological polar surface area (TPSA) is 17.8 Å². The molecule has 0 radical (unpaired) electrons. The van der Waals surface area contributed by atoms with Gasteiger partial charge >= 0.3 is 0 Å². The van der Waals surface area contributed by atoms with Crippen LogP contribution in [-0.2, 0) is 0 Å². The molecule has 0 aliphatic rings. The van der Waals surface area contributed by atoms with Gasteiger partial charge in [0, 0.05) is 6.20 Å². The summed E-state index contributed by atoms with van der Waals surface area (Å²) >= 11 is 0. The van der Waals surface area contributed by atoms with Crippen molar-refractivity contribution in [1.82, 2.24) is 9.78 Å². The largest absolute Gasteiger partial charge is 0.241 e. The van der Waals surface area contributed by atoms with E-state index in [1.54, 1.807) is 0 Å². The van der Waals surface area contributed by atoms with Crippen molar-refractivity contribution in [3.8, 4) is 5.69 Å². The molecule has 1 heterocycles. The van der Waals surface area contributed by atoms with Crippen LogP contribution in [0.3, 0.4) is 0 Å². The number of nitrogens with zero attached hydrogens (tertiary/aromatic N) is 2. The summed E-state index contributed by atoms with van der Waals surface area (Å²) in [6.07, 6.45) is 3.86. The fraction of sp³-hybridized carbons (Fsp3) is 0.357. The summed E-state index contributed by atoms with van der Waals surface area (Å²) < 4.78 is 1.87. The first-order valence-corrected chi connectivity index (χ1v) is 5.93. The lowest BCUT2D eigenvalue weighted by Gasteiger charge is -1.98. The Morgan fingerprint density at radius 1 is 0.938 bits per heavy atom. The molecule has 0 unspecified atom stereocenters. The van der Waals surface area contributed by atoms with Crippen LogP contribution >= 0.6 is 0 Å². The van der Waals surface area contributed by atoms with E-state index < -0.39 is 0 Å². The van der Waals surface area contributed by atoms with Gasteiger partial charge in [0.05, 0.1) is 11.9 Å². The summed E-state index contributed by atoms with van der Waals surface area (Å²) in [5.41, 5.74) is 2.28. The maximum absolute atomic E-state index is 4.20. The molecule has 0 spiro atoms. The monoisotopic (exact) mass is 218 g/mol. The van der Waals surface area contributed by atoms with Gasteiger partial charge in [-0.1, -0.05) is 45.9 Å². The lowest BCUT2D eigenvalue weighted by atomic mass is 10.3. The van der Waals surface area contributed by atoms with Gasteiger partial charge in [-0.05, 0) is 24.6 Å². The van der Waals surface area contributed by atoms with E-state index in [1.807, 2.05) is 82.0 Å². The zero-order valence-electron chi connectivity index (χ0n) is 10.9. The summed E-state index contributed by atoms with van der Waals surface area (Å²) in [5, 5.41) is 4.20. The predicted molar refractivity (Wildman–Crippen MR) is 71.0 cm³/mol. The third kappa shape index (κ3) is 4.30. The molecular formula is C14H22N2. The number of hydrogen-bond donors (Lipinski definition) is 0. The molecule has 0 aliphatic carbocycles. The van der Waals surface area contributed by atoms with Crippen LogP contribution in [0.1, 0.15) is 33.3 Å². The zero-order valence-corrected chi connectivity index (χ0v) is 10.9. The Morgan fingerprint density at radius 2 is 1.50 bits per heavy atom. The van der Waals surface area contributed by atoms with Crippen LogP contribution in [0.2, 0.25) is 0 Å². The van der Waals surface area contributed by atoms with Crippen LogP contribution in [0, 0.1) is 6.92 Å². The van der Waals surface area contributed by atoms with Gasteiger partial charge in [-0.3, -0.25) is 0 Å². The molecule has 88 valence electrons. The Hall–Kier alpha value is -1.57. The summed E-state index contributed by atoms with van der Waals surface area (Å²) in [6, 6.07) is 10.1. The Morgan fingerprint density at radius 3 is 1.94 bits per heavy atom. The molecule has 0 amide bonds. The smallest absolute Gasteiger partial charge is 0.0645 e. The molecule has 1 aromatic heterocycles. The van der Waals surface area contributed by atoms with Crippen molar-refractivity contribution in [3.05, 3.63) is 48.3 Å². The van der Waals surface area contributed by atoms with Gasteiger partial charge in [0.1, 0.15) is 0 Å². The number of hydrogen-bond acceptors (Lipinski definition) is 1. The van der Waals surface area contributed by atoms with E-state index >= 15 is 0 Å². The third-order valence-corrected chi connectivity index (χ3v) is 1.73. The molecular weight excluding hydrogens is 196 g/mol. The van der Waals surface area contributed by atoms with E-state index in [0.717, 1.165) is 5.69 Å². The maximum atomic E-state index is 4.20. The van der Waals surface area contributed by atoms with Crippen molar-refractivity contribution < 1.29 is 0 Å². The molecule has 0 fully saturated rings. The highest BCUT2D eigenvalue weighted by Gasteiger charge is 1.94. The lowest BCUT2D eigenvalue weighted by Crippen LogP contribution is -1.92. The Kier molecular flexibility index (Phi) is 7.86. The second-order valence-corrected chi connectivity index (χ2v) is 2.80. The van der Waals surface area contributed by atoms with Crippen molar-refractivity contribution in [2.24, 2.45) is 0 Å². The number of aromatic nitrogens is 2. The minimum atomic E-state index is 1.10. The SMILES string of the molecule is CC.CC.Cc1cnn(-c2ccccc2)c1. The Balaban J connectivity index is 0.000000509. The number of rotatable bonds is 1. The normalized spacial score (nSPS) is 8.31. The second-order valence-electron chi connectivity index (χ2n) is 2.80. The number of para-hydroxylation sites is 1. The molecule has 2 aromatic rings. The minimum absolute atomic E-state index is 1.10. The molecule has 16 heavy (non-hydrogen) atoms. The summed E-state index contributed by atoms with van der Waals surface area (Å²) in [5.74, 6) is 0. The van der Waals surface area contributed by atoms with Gasteiger partial charge in [0.2, 0.25) is 0 Å². The average molecular weight is 218 g/mol. The van der Waals surface area contributed by atoms with Crippen LogP contribution < -0.4 is 0 Å². The van der Waals surface area contributed by atoms with Gasteiger partial charge in [-0.25, -0.2) is 4.68 Å². The van der Waals surface area contributed by atoms with Gasteiger partial charge in [-0.15, -0.1) is 0 Å². The van der Waals surface area contributed by atoms with Crippen molar-refractivity contribution in [2.45, 2.75) is 34.6 Å². The molecule has 1 aromatic carbocycles. The van der Waals surface area contributed by atoms with Crippen LogP contribution in [-0.4, -0.2) is 9.78 Å². The van der Waals surface area contributed by atoms with Crippen LogP contribution in [0.25, 0.3) is 5.69 Å². The van der Waals surface area contributed by atoms with Crippen molar-refractivity contribution in [3.63, 3.8) is 0 Å². The van der Waals surface area contributed by atoms with E-state index in [2.05, 4.69) is 5.10 Å². The number of benzene rings is 1. The molecule has 2 heteroatoms. The molecule has 0 aliphatic heterocycles. The molecule has 0 saturated heterocycles. The van der Waals surface area contributed by atoms with Crippen molar-refractivity contribution >= 4 is 0 Å². The first-order chi connectivity index (χ1) is 7.86. The maximum Gasteiger partial charge on any atom is 0.0645 e. The fourth-order valence-corrected chi connectivity index (χ4v) is 1.13. The van der Waals surface area contributed by atoms with E-state index in [0.29, 0.717) is 0 Å². The predicted octanol–water partition coefficient (Wildman–Crippen LogP) is 4.23. The molecule has 0 bridgehead atoms. The summed E-state index contributed by atoms with van der Waals surface area (Å²) in [6.45, 7) is 10.0. The first-order valence-electron chi connectivity index (χ1n) is 5.93. The average Bonchev–Trinajstić information content (AvgIpc) is 2.82. The molecule has 0 N–H and O–H groups in total. The van der Waals surface area contributed by atoms with Crippen molar-refractivity contribution in [2.75, 3.05) is 0 Å². The van der Waals surface area contributed by atoms with Crippen LogP contribution in [0.15, 0.2) is 42.7 Å². The third-order valence-electron chi connectivity index (χ3n) is 1.73. The summed E-state index contributed by atoms with van der Waals surface area (Å²) in [4.78, 5) is 0. The van der Waals surface area contributed by atoms with Gasteiger partial charge in [0.15, 0.2) is 0 Å². The standard InChI is InChI=1S/C10H10N2.2C2H6/c1-9-7-11-12(8-9)10-5-3-2-4-6-10;2*1-2/h2-8H,1H3;2*1-2H3. The van der Waals surface area contributed by atoms with E-state index in [9.17, 15) is 0 Å². The Labute approximate surface area is 98.9 Å². The Bertz CT molecular complexity index is 363. The lowest BCUT2D eigenvalue weighted by molar-refractivity contribution is 0.880. The van der Waals surface area contributed by atoms with Crippen LogP contribution in [0.4, 0.5) is 0 Å². The molecule has 2 nitrogen and oxygen atoms in total. The second kappa shape index (κ2) is 8.72. The molecule has 2 rings (SSSR count). The highest BCUT2D eigenvalue weighted by Crippen LogP contribution is 2.05. The van der Waals surface area contributed by atoms with E-state index in [1.165, 1.54) is 5.56 Å². The van der Waals surface area contributed by atoms with E-state index in [4.69, 9.17) is 0 Å². The summed E-state index contributed by atoms with van der Waals surface area (Å²) in [7, 11) is 0. The highest BCUT2D eigenvalue weighted by atomic mass is 15.3. The highest BCUT2D eigenvalue weighted by molar-refractivity contribution is 5.30. The molecule has 0 saturated carbocycles. The first kappa shape index (κ1) is 14.4. The zero-order chi connectivity index (χ0) is 12.4.